The van der Waals surface area contributed by atoms with Gasteiger partial charge in [-0.1, -0.05) is 59.6 Å². The van der Waals surface area contributed by atoms with Gasteiger partial charge in [-0.2, -0.15) is 5.10 Å². The van der Waals surface area contributed by atoms with Gasteiger partial charge in [0.2, 0.25) is 0 Å². The summed E-state index contributed by atoms with van der Waals surface area (Å²) in [6.07, 6.45) is 2.09. The van der Waals surface area contributed by atoms with Gasteiger partial charge in [0.1, 0.15) is 0 Å². The molecule has 4 heteroatoms. The summed E-state index contributed by atoms with van der Waals surface area (Å²) in [5.74, 6) is 0. The van der Waals surface area contributed by atoms with E-state index in [1.165, 1.54) is 5.56 Å². The molecule has 0 aliphatic heterocycles. The number of aromatic nitrogens is 2. The maximum Gasteiger partial charge on any atom is 0.0977 e. The molecule has 0 amide bonds. The number of nitrogens with zero attached hydrogens (tertiary/aromatic N) is 2. The summed E-state index contributed by atoms with van der Waals surface area (Å²) in [7, 11) is 0. The molecule has 134 valence electrons. The molecule has 4 rings (SSSR count). The fraction of sp³-hybridized carbons (Fsp3) is 0.0870. The molecule has 0 saturated carbocycles. The Bertz CT molecular complexity index is 1020. The summed E-state index contributed by atoms with van der Waals surface area (Å²) < 4.78 is 1.94. The second-order valence-electron chi connectivity index (χ2n) is 6.51. The Morgan fingerprint density at radius 1 is 0.889 bits per heavy atom. The normalized spacial score (nSPS) is 10.7. The van der Waals surface area contributed by atoms with Gasteiger partial charge < -0.3 is 5.32 Å². The van der Waals surface area contributed by atoms with Crippen molar-refractivity contribution in [2.45, 2.75) is 13.5 Å². The molecule has 0 spiro atoms. The number of aryl methyl sites for hydroxylation is 1. The fourth-order valence-corrected chi connectivity index (χ4v) is 3.10. The lowest BCUT2D eigenvalue weighted by Crippen LogP contribution is -1.99. The van der Waals surface area contributed by atoms with Crippen molar-refractivity contribution < 1.29 is 0 Å². The van der Waals surface area contributed by atoms with Crippen LogP contribution in [0.4, 0.5) is 5.69 Å². The van der Waals surface area contributed by atoms with Crippen molar-refractivity contribution in [3.05, 3.63) is 101 Å². The fourth-order valence-electron chi connectivity index (χ4n) is 2.97. The molecule has 1 N–H and O–H groups in total. The van der Waals surface area contributed by atoms with Crippen molar-refractivity contribution in [2.24, 2.45) is 0 Å². The van der Waals surface area contributed by atoms with Crippen molar-refractivity contribution in [3.63, 3.8) is 0 Å². The molecule has 27 heavy (non-hydrogen) atoms. The van der Waals surface area contributed by atoms with Crippen LogP contribution >= 0.6 is 11.6 Å². The first kappa shape index (κ1) is 17.4. The predicted octanol–water partition coefficient (Wildman–Crippen LogP) is 6.11. The number of hydrogen-bond donors (Lipinski definition) is 1. The van der Waals surface area contributed by atoms with Crippen LogP contribution < -0.4 is 5.32 Å². The first-order chi connectivity index (χ1) is 13.2. The Morgan fingerprint density at radius 2 is 1.59 bits per heavy atom. The molecular weight excluding hydrogens is 354 g/mol. The van der Waals surface area contributed by atoms with Gasteiger partial charge in [0.25, 0.3) is 0 Å². The molecule has 0 radical (unpaired) electrons. The largest absolute Gasteiger partial charge is 0.381 e. The number of halogens is 1. The Balaban J connectivity index is 1.68. The highest BCUT2D eigenvalue weighted by molar-refractivity contribution is 6.30. The van der Waals surface area contributed by atoms with Crippen molar-refractivity contribution in [1.82, 2.24) is 9.78 Å². The van der Waals surface area contributed by atoms with Crippen LogP contribution in [0.2, 0.25) is 5.02 Å². The summed E-state index contributed by atoms with van der Waals surface area (Å²) in [6, 6.07) is 26.4. The SMILES string of the molecule is Cc1ccc(-c2nn(-c3ccccc3)cc2CNc2ccc(Cl)cc2)cc1. The van der Waals surface area contributed by atoms with E-state index < -0.39 is 0 Å². The van der Waals surface area contributed by atoms with Gasteiger partial charge in [-0.15, -0.1) is 0 Å². The third kappa shape index (κ3) is 4.04. The van der Waals surface area contributed by atoms with Gasteiger partial charge in [0.15, 0.2) is 0 Å². The number of benzene rings is 3. The standard InChI is InChI=1S/C23H20ClN3/c1-17-7-9-18(10-8-17)23-19(15-25-21-13-11-20(24)12-14-21)16-27(26-23)22-5-3-2-4-6-22/h2-14,16,25H,15H2,1H3. The van der Waals surface area contributed by atoms with E-state index in [1.807, 2.05) is 47.1 Å². The second-order valence-corrected chi connectivity index (χ2v) is 6.95. The van der Waals surface area contributed by atoms with Gasteiger partial charge in [-0.05, 0) is 43.3 Å². The van der Waals surface area contributed by atoms with Gasteiger partial charge in [0.05, 0.1) is 11.4 Å². The van der Waals surface area contributed by atoms with Crippen LogP contribution in [0.5, 0.6) is 0 Å². The van der Waals surface area contributed by atoms with Crippen LogP contribution in [0.15, 0.2) is 85.1 Å². The van der Waals surface area contributed by atoms with Gasteiger partial charge >= 0.3 is 0 Å². The molecule has 4 aromatic rings. The first-order valence-electron chi connectivity index (χ1n) is 8.89. The summed E-state index contributed by atoms with van der Waals surface area (Å²) >= 11 is 5.98. The molecule has 1 aromatic heterocycles. The molecule has 3 aromatic carbocycles. The highest BCUT2D eigenvalue weighted by Gasteiger charge is 2.12. The van der Waals surface area contributed by atoms with E-state index in [0.29, 0.717) is 6.54 Å². The first-order valence-corrected chi connectivity index (χ1v) is 9.27. The molecule has 0 bridgehead atoms. The monoisotopic (exact) mass is 373 g/mol. The predicted molar refractivity (Wildman–Crippen MR) is 113 cm³/mol. The Hall–Kier alpha value is -3.04. The zero-order valence-electron chi connectivity index (χ0n) is 15.1. The number of rotatable bonds is 5. The lowest BCUT2D eigenvalue weighted by Gasteiger charge is -2.07. The van der Waals surface area contributed by atoms with E-state index in [4.69, 9.17) is 16.7 Å². The third-order valence-electron chi connectivity index (χ3n) is 4.46. The molecular formula is C23H20ClN3. The molecule has 0 atom stereocenters. The Morgan fingerprint density at radius 3 is 2.30 bits per heavy atom. The minimum atomic E-state index is 0.678. The van der Waals surface area contributed by atoms with E-state index in [-0.39, 0.29) is 0 Å². The van der Waals surface area contributed by atoms with Crippen LogP contribution in [-0.4, -0.2) is 9.78 Å². The summed E-state index contributed by atoms with van der Waals surface area (Å²) in [4.78, 5) is 0. The number of para-hydroxylation sites is 1. The van der Waals surface area contributed by atoms with Crippen LogP contribution in [0.1, 0.15) is 11.1 Å². The Kier molecular flexibility index (Phi) is 4.95. The van der Waals surface area contributed by atoms with Gasteiger partial charge in [-0.3, -0.25) is 0 Å². The minimum Gasteiger partial charge on any atom is -0.381 e. The lowest BCUT2D eigenvalue weighted by molar-refractivity contribution is 0.883. The molecule has 0 unspecified atom stereocenters. The zero-order valence-corrected chi connectivity index (χ0v) is 15.8. The molecule has 0 saturated heterocycles. The van der Waals surface area contributed by atoms with Crippen LogP contribution in [-0.2, 0) is 6.54 Å². The van der Waals surface area contributed by atoms with E-state index in [0.717, 1.165) is 33.2 Å². The van der Waals surface area contributed by atoms with E-state index in [2.05, 4.69) is 54.8 Å². The summed E-state index contributed by atoms with van der Waals surface area (Å²) in [6.45, 7) is 2.77. The highest BCUT2D eigenvalue weighted by Crippen LogP contribution is 2.25. The lowest BCUT2D eigenvalue weighted by atomic mass is 10.1. The van der Waals surface area contributed by atoms with Gasteiger partial charge in [-0.25, -0.2) is 4.68 Å². The van der Waals surface area contributed by atoms with Crippen molar-refractivity contribution in [2.75, 3.05) is 5.32 Å². The van der Waals surface area contributed by atoms with E-state index in [1.54, 1.807) is 0 Å². The van der Waals surface area contributed by atoms with Crippen molar-refractivity contribution >= 4 is 17.3 Å². The number of anilines is 1. The van der Waals surface area contributed by atoms with Gasteiger partial charge in [0, 0.05) is 34.6 Å². The zero-order chi connectivity index (χ0) is 18.6. The average Bonchev–Trinajstić information content (AvgIpc) is 3.13. The third-order valence-corrected chi connectivity index (χ3v) is 4.71. The van der Waals surface area contributed by atoms with Crippen LogP contribution in [0.3, 0.4) is 0 Å². The maximum atomic E-state index is 5.98. The van der Waals surface area contributed by atoms with E-state index >= 15 is 0 Å². The topological polar surface area (TPSA) is 29.9 Å². The van der Waals surface area contributed by atoms with E-state index in [9.17, 15) is 0 Å². The Labute approximate surface area is 164 Å². The minimum absolute atomic E-state index is 0.678. The maximum absolute atomic E-state index is 5.98. The van der Waals surface area contributed by atoms with Crippen molar-refractivity contribution in [3.8, 4) is 16.9 Å². The molecule has 0 aliphatic rings. The van der Waals surface area contributed by atoms with Crippen LogP contribution in [0.25, 0.3) is 16.9 Å². The van der Waals surface area contributed by atoms with Crippen molar-refractivity contribution in [1.29, 1.82) is 0 Å². The molecule has 0 aliphatic carbocycles. The number of nitrogens with one attached hydrogen (secondary N) is 1. The highest BCUT2D eigenvalue weighted by atomic mass is 35.5. The number of hydrogen-bond acceptors (Lipinski definition) is 2. The van der Waals surface area contributed by atoms with Crippen LogP contribution in [0, 0.1) is 6.92 Å². The molecule has 1 heterocycles. The summed E-state index contributed by atoms with van der Waals surface area (Å²) in [5, 5.41) is 9.06. The average molecular weight is 374 g/mol. The smallest absolute Gasteiger partial charge is 0.0977 e. The molecule has 3 nitrogen and oxygen atoms in total. The second kappa shape index (κ2) is 7.68. The summed E-state index contributed by atoms with van der Waals surface area (Å²) in [5.41, 5.74) is 6.55. The quantitative estimate of drug-likeness (QED) is 0.457. The molecule has 0 fully saturated rings.